The predicted molar refractivity (Wildman–Crippen MR) is 73.9 cm³/mol. The van der Waals surface area contributed by atoms with E-state index in [-0.39, 0.29) is 5.56 Å². The number of fused-ring (bicyclic) bond motifs is 1. The van der Waals surface area contributed by atoms with Crippen molar-refractivity contribution in [3.63, 3.8) is 0 Å². The molecule has 0 spiro atoms. The minimum atomic E-state index is -0.461. The van der Waals surface area contributed by atoms with E-state index in [9.17, 15) is 9.18 Å². The van der Waals surface area contributed by atoms with E-state index in [1.165, 1.54) is 30.0 Å². The summed E-state index contributed by atoms with van der Waals surface area (Å²) in [7, 11) is 0. The van der Waals surface area contributed by atoms with Crippen LogP contribution in [0.4, 0.5) is 4.39 Å². The summed E-state index contributed by atoms with van der Waals surface area (Å²) in [5.41, 5.74) is 4.89. The van der Waals surface area contributed by atoms with Crippen molar-refractivity contribution in [1.82, 2.24) is 0 Å². The summed E-state index contributed by atoms with van der Waals surface area (Å²) in [4.78, 5) is 10.8. The molecular formula is C17H15FO. The average Bonchev–Trinajstić information content (AvgIpc) is 2.47. The van der Waals surface area contributed by atoms with E-state index in [0.29, 0.717) is 6.29 Å². The lowest BCUT2D eigenvalue weighted by Gasteiger charge is -2.16. The molecular weight excluding hydrogens is 239 g/mol. The fraction of sp³-hybridized carbons (Fsp3) is 0.235. The quantitative estimate of drug-likeness (QED) is 0.735. The van der Waals surface area contributed by atoms with Gasteiger partial charge in [0.05, 0.1) is 5.56 Å². The van der Waals surface area contributed by atoms with Gasteiger partial charge in [0.15, 0.2) is 6.29 Å². The molecule has 0 fully saturated rings. The van der Waals surface area contributed by atoms with Gasteiger partial charge in [-0.3, -0.25) is 4.79 Å². The molecule has 1 aliphatic rings. The molecule has 0 radical (unpaired) electrons. The molecule has 0 N–H and O–H groups in total. The lowest BCUT2D eigenvalue weighted by atomic mass is 9.89. The molecule has 3 rings (SSSR count). The second-order valence-corrected chi connectivity index (χ2v) is 5.04. The standard InChI is InChI=1S/C17H15FO/c18-17-8-7-15(10-16(17)11-19)14-6-5-12-3-1-2-4-13(12)9-14/h5-11H,1-4H2. The number of hydrogen-bond acceptors (Lipinski definition) is 1. The van der Waals surface area contributed by atoms with Gasteiger partial charge >= 0.3 is 0 Å². The third-order valence-electron chi connectivity index (χ3n) is 3.80. The highest BCUT2D eigenvalue weighted by Gasteiger charge is 2.11. The number of aryl methyl sites for hydroxylation is 2. The number of carbonyl (C=O) groups excluding carboxylic acids is 1. The highest BCUT2D eigenvalue weighted by molar-refractivity contribution is 5.79. The molecule has 0 atom stereocenters. The van der Waals surface area contributed by atoms with Gasteiger partial charge in [-0.15, -0.1) is 0 Å². The normalized spacial score (nSPS) is 13.9. The minimum absolute atomic E-state index is 0.121. The first-order chi connectivity index (χ1) is 9.28. The van der Waals surface area contributed by atoms with Gasteiger partial charge in [0.2, 0.25) is 0 Å². The van der Waals surface area contributed by atoms with Crippen LogP contribution in [-0.4, -0.2) is 6.29 Å². The molecule has 0 aromatic heterocycles. The summed E-state index contributed by atoms with van der Waals surface area (Å²) in [5.74, 6) is -0.461. The number of halogens is 1. The van der Waals surface area contributed by atoms with E-state index in [1.807, 2.05) is 0 Å². The Morgan fingerprint density at radius 3 is 2.37 bits per heavy atom. The van der Waals surface area contributed by atoms with Crippen LogP contribution in [0.15, 0.2) is 36.4 Å². The molecule has 2 aromatic carbocycles. The third-order valence-corrected chi connectivity index (χ3v) is 3.80. The summed E-state index contributed by atoms with van der Waals surface area (Å²) >= 11 is 0. The van der Waals surface area contributed by atoms with Crippen molar-refractivity contribution in [2.45, 2.75) is 25.7 Å². The van der Waals surface area contributed by atoms with E-state index >= 15 is 0 Å². The van der Waals surface area contributed by atoms with Crippen molar-refractivity contribution in [2.24, 2.45) is 0 Å². The lowest BCUT2D eigenvalue weighted by Crippen LogP contribution is -2.02. The van der Waals surface area contributed by atoms with E-state index < -0.39 is 5.82 Å². The van der Waals surface area contributed by atoms with E-state index in [2.05, 4.69) is 18.2 Å². The summed E-state index contributed by atoms with van der Waals surface area (Å²) in [6.07, 6.45) is 5.33. The summed E-state index contributed by atoms with van der Waals surface area (Å²) in [6, 6.07) is 11.1. The second kappa shape index (κ2) is 4.96. The number of aldehydes is 1. The lowest BCUT2D eigenvalue weighted by molar-refractivity contribution is 0.112. The Labute approximate surface area is 112 Å². The maximum atomic E-state index is 13.3. The van der Waals surface area contributed by atoms with E-state index in [0.717, 1.165) is 24.0 Å². The van der Waals surface area contributed by atoms with Crippen LogP contribution in [0.25, 0.3) is 11.1 Å². The van der Waals surface area contributed by atoms with Gasteiger partial charge in [0.25, 0.3) is 0 Å². The van der Waals surface area contributed by atoms with Gasteiger partial charge in [0.1, 0.15) is 5.82 Å². The second-order valence-electron chi connectivity index (χ2n) is 5.04. The van der Waals surface area contributed by atoms with Gasteiger partial charge in [0, 0.05) is 0 Å². The van der Waals surface area contributed by atoms with Crippen molar-refractivity contribution < 1.29 is 9.18 Å². The first-order valence-electron chi connectivity index (χ1n) is 6.65. The topological polar surface area (TPSA) is 17.1 Å². The Bertz CT molecular complexity index is 631. The number of rotatable bonds is 2. The maximum absolute atomic E-state index is 13.3. The first-order valence-corrected chi connectivity index (χ1v) is 6.65. The van der Waals surface area contributed by atoms with Gasteiger partial charge in [-0.05, 0) is 60.1 Å². The van der Waals surface area contributed by atoms with Crippen LogP contribution in [0.3, 0.4) is 0 Å². The molecule has 0 unspecified atom stereocenters. The predicted octanol–water partition coefficient (Wildman–Crippen LogP) is 4.18. The number of benzene rings is 2. The maximum Gasteiger partial charge on any atom is 0.153 e. The Morgan fingerprint density at radius 1 is 0.895 bits per heavy atom. The molecule has 1 aliphatic carbocycles. The fourth-order valence-corrected chi connectivity index (χ4v) is 2.73. The molecule has 2 heteroatoms. The van der Waals surface area contributed by atoms with Crippen LogP contribution in [0.1, 0.15) is 34.3 Å². The van der Waals surface area contributed by atoms with Crippen molar-refractivity contribution in [3.05, 3.63) is 58.9 Å². The van der Waals surface area contributed by atoms with Gasteiger partial charge < -0.3 is 0 Å². The molecule has 96 valence electrons. The molecule has 0 saturated heterocycles. The molecule has 1 nitrogen and oxygen atoms in total. The largest absolute Gasteiger partial charge is 0.298 e. The van der Waals surface area contributed by atoms with Crippen molar-refractivity contribution >= 4 is 6.29 Å². The highest BCUT2D eigenvalue weighted by Crippen LogP contribution is 2.28. The van der Waals surface area contributed by atoms with Crippen LogP contribution in [-0.2, 0) is 12.8 Å². The van der Waals surface area contributed by atoms with Gasteiger partial charge in [-0.2, -0.15) is 0 Å². The van der Waals surface area contributed by atoms with Crippen molar-refractivity contribution in [3.8, 4) is 11.1 Å². The van der Waals surface area contributed by atoms with Crippen LogP contribution in [0.2, 0.25) is 0 Å². The van der Waals surface area contributed by atoms with E-state index in [4.69, 9.17) is 0 Å². The Kier molecular flexibility index (Phi) is 3.16. The molecule has 2 aromatic rings. The molecule has 0 amide bonds. The van der Waals surface area contributed by atoms with Crippen LogP contribution in [0.5, 0.6) is 0 Å². The summed E-state index contributed by atoms with van der Waals surface area (Å²) < 4.78 is 13.3. The molecule has 0 bridgehead atoms. The van der Waals surface area contributed by atoms with Gasteiger partial charge in [-0.1, -0.05) is 24.3 Å². The van der Waals surface area contributed by atoms with Crippen molar-refractivity contribution in [2.75, 3.05) is 0 Å². The van der Waals surface area contributed by atoms with Crippen molar-refractivity contribution in [1.29, 1.82) is 0 Å². The SMILES string of the molecule is O=Cc1cc(-c2ccc3c(c2)CCCC3)ccc1F. The smallest absolute Gasteiger partial charge is 0.153 e. The fourth-order valence-electron chi connectivity index (χ4n) is 2.73. The zero-order valence-corrected chi connectivity index (χ0v) is 10.7. The zero-order valence-electron chi connectivity index (χ0n) is 10.7. The first kappa shape index (κ1) is 12.1. The summed E-state index contributed by atoms with van der Waals surface area (Å²) in [5, 5.41) is 0. The molecule has 0 saturated carbocycles. The number of hydrogen-bond donors (Lipinski definition) is 0. The molecule has 19 heavy (non-hydrogen) atoms. The Balaban J connectivity index is 2.04. The van der Waals surface area contributed by atoms with E-state index in [1.54, 1.807) is 12.1 Å². The Morgan fingerprint density at radius 2 is 1.58 bits per heavy atom. The average molecular weight is 254 g/mol. The monoisotopic (exact) mass is 254 g/mol. The zero-order chi connectivity index (χ0) is 13.2. The van der Waals surface area contributed by atoms with Crippen LogP contribution >= 0.6 is 0 Å². The third kappa shape index (κ3) is 2.30. The molecule has 0 aliphatic heterocycles. The summed E-state index contributed by atoms with van der Waals surface area (Å²) in [6.45, 7) is 0. The van der Waals surface area contributed by atoms with Crippen LogP contribution < -0.4 is 0 Å². The molecule has 0 heterocycles. The van der Waals surface area contributed by atoms with Crippen LogP contribution in [0, 0.1) is 5.82 Å². The van der Waals surface area contributed by atoms with Gasteiger partial charge in [-0.25, -0.2) is 4.39 Å². The Hall–Kier alpha value is -1.96. The number of carbonyl (C=O) groups is 1. The highest BCUT2D eigenvalue weighted by atomic mass is 19.1. The minimum Gasteiger partial charge on any atom is -0.298 e.